The predicted molar refractivity (Wildman–Crippen MR) is 74.7 cm³/mol. The fourth-order valence-electron chi connectivity index (χ4n) is 2.00. The summed E-state index contributed by atoms with van der Waals surface area (Å²) in [5, 5.41) is 3.38. The van der Waals surface area contributed by atoms with Crippen molar-refractivity contribution in [3.05, 3.63) is 35.9 Å². The van der Waals surface area contributed by atoms with Crippen LogP contribution in [0.15, 0.2) is 30.3 Å². The van der Waals surface area contributed by atoms with E-state index in [1.807, 2.05) is 42.1 Å². The summed E-state index contributed by atoms with van der Waals surface area (Å²) < 4.78 is 5.16. The van der Waals surface area contributed by atoms with Gasteiger partial charge < -0.3 is 10.1 Å². The van der Waals surface area contributed by atoms with E-state index in [-0.39, 0.29) is 6.09 Å². The van der Waals surface area contributed by atoms with Crippen molar-refractivity contribution in [1.82, 2.24) is 5.32 Å². The van der Waals surface area contributed by atoms with Crippen LogP contribution in [0.3, 0.4) is 0 Å². The van der Waals surface area contributed by atoms with Crippen LogP contribution < -0.4 is 5.32 Å². The van der Waals surface area contributed by atoms with Crippen LogP contribution in [-0.2, 0) is 11.3 Å². The number of thioether (sulfide) groups is 1. The first kappa shape index (κ1) is 13.3. The van der Waals surface area contributed by atoms with Gasteiger partial charge in [-0.15, -0.1) is 0 Å². The second-order valence-electron chi connectivity index (χ2n) is 4.74. The molecule has 2 rings (SSSR count). The average molecular weight is 265 g/mol. The number of carbonyl (C=O) groups excluding carboxylic acids is 1. The number of rotatable bonds is 4. The van der Waals surface area contributed by atoms with Crippen molar-refractivity contribution in [2.24, 2.45) is 5.92 Å². The van der Waals surface area contributed by atoms with Crippen LogP contribution in [-0.4, -0.2) is 23.6 Å². The van der Waals surface area contributed by atoms with Gasteiger partial charge in [0.2, 0.25) is 0 Å². The van der Waals surface area contributed by atoms with Crippen molar-refractivity contribution >= 4 is 17.9 Å². The minimum absolute atomic E-state index is 0.320. The lowest BCUT2D eigenvalue weighted by atomic mass is 10.1. The SMILES string of the molecule is CC1CSC(CNC(=O)OCc2ccccc2)C1. The Kier molecular flexibility index (Phi) is 4.93. The first-order chi connectivity index (χ1) is 8.74. The van der Waals surface area contributed by atoms with Gasteiger partial charge in [-0.1, -0.05) is 37.3 Å². The Bertz CT molecular complexity index is 383. The molecule has 0 saturated carbocycles. The van der Waals surface area contributed by atoms with Gasteiger partial charge in [0.25, 0.3) is 0 Å². The zero-order valence-corrected chi connectivity index (χ0v) is 11.4. The van der Waals surface area contributed by atoms with Crippen molar-refractivity contribution < 1.29 is 9.53 Å². The van der Waals surface area contributed by atoms with E-state index in [2.05, 4.69) is 12.2 Å². The highest BCUT2D eigenvalue weighted by molar-refractivity contribution is 8.00. The lowest BCUT2D eigenvalue weighted by Gasteiger charge is -2.11. The lowest BCUT2D eigenvalue weighted by Crippen LogP contribution is -2.30. The van der Waals surface area contributed by atoms with Crippen LogP contribution in [0.2, 0.25) is 0 Å². The molecular formula is C14H19NO2S. The van der Waals surface area contributed by atoms with Gasteiger partial charge in [-0.2, -0.15) is 11.8 Å². The third-order valence-corrected chi connectivity index (χ3v) is 4.56. The number of hydrogen-bond donors (Lipinski definition) is 1. The van der Waals surface area contributed by atoms with E-state index in [0.29, 0.717) is 18.4 Å². The van der Waals surface area contributed by atoms with Gasteiger partial charge in [-0.3, -0.25) is 0 Å². The molecule has 0 aromatic heterocycles. The first-order valence-corrected chi connectivity index (χ1v) is 7.35. The zero-order chi connectivity index (χ0) is 12.8. The molecule has 0 aliphatic carbocycles. The molecule has 1 N–H and O–H groups in total. The molecule has 0 bridgehead atoms. The van der Waals surface area contributed by atoms with Crippen LogP contribution in [0.25, 0.3) is 0 Å². The van der Waals surface area contributed by atoms with Crippen LogP contribution >= 0.6 is 11.8 Å². The molecule has 2 atom stereocenters. The summed E-state index contributed by atoms with van der Waals surface area (Å²) in [6.07, 6.45) is 0.864. The Morgan fingerprint density at radius 1 is 1.44 bits per heavy atom. The summed E-state index contributed by atoms with van der Waals surface area (Å²) in [5.74, 6) is 1.97. The Balaban J connectivity index is 1.63. The van der Waals surface area contributed by atoms with Gasteiger partial charge in [0.05, 0.1) is 0 Å². The van der Waals surface area contributed by atoms with E-state index in [1.54, 1.807) is 0 Å². The number of carbonyl (C=O) groups is 1. The third kappa shape index (κ3) is 4.26. The molecular weight excluding hydrogens is 246 g/mol. The van der Waals surface area contributed by atoms with Gasteiger partial charge in [0.1, 0.15) is 6.61 Å². The third-order valence-electron chi connectivity index (χ3n) is 2.97. The summed E-state index contributed by atoms with van der Waals surface area (Å²) in [6, 6.07) is 9.71. The molecule has 4 heteroatoms. The molecule has 1 aliphatic heterocycles. The Morgan fingerprint density at radius 3 is 2.89 bits per heavy atom. The fraction of sp³-hybridized carbons (Fsp3) is 0.500. The normalized spacial score (nSPS) is 22.7. The van der Waals surface area contributed by atoms with Gasteiger partial charge in [-0.25, -0.2) is 4.79 Å². The monoisotopic (exact) mass is 265 g/mol. The first-order valence-electron chi connectivity index (χ1n) is 6.30. The second-order valence-corrected chi connectivity index (χ2v) is 6.07. The Labute approximate surface area is 112 Å². The molecule has 98 valence electrons. The molecule has 1 aromatic carbocycles. The van der Waals surface area contributed by atoms with Crippen LogP contribution in [0.5, 0.6) is 0 Å². The summed E-state index contributed by atoms with van der Waals surface area (Å²) >= 11 is 1.94. The standard InChI is InChI=1S/C14H19NO2S/c1-11-7-13(18-10-11)8-15-14(16)17-9-12-5-3-2-4-6-12/h2-6,11,13H,7-10H2,1H3,(H,15,16). The quantitative estimate of drug-likeness (QED) is 0.909. The van der Waals surface area contributed by atoms with Crippen molar-refractivity contribution in [3.63, 3.8) is 0 Å². The number of ether oxygens (including phenoxy) is 1. The molecule has 1 amide bonds. The minimum atomic E-state index is -0.320. The highest BCUT2D eigenvalue weighted by Crippen LogP contribution is 2.30. The lowest BCUT2D eigenvalue weighted by molar-refractivity contribution is 0.139. The van der Waals surface area contributed by atoms with Crippen LogP contribution in [0.1, 0.15) is 18.9 Å². The van der Waals surface area contributed by atoms with E-state index in [4.69, 9.17) is 4.74 Å². The van der Waals surface area contributed by atoms with Crippen LogP contribution in [0.4, 0.5) is 4.79 Å². The summed E-state index contributed by atoms with van der Waals surface area (Å²) in [4.78, 5) is 11.5. The fourth-order valence-corrected chi connectivity index (χ4v) is 3.40. The summed E-state index contributed by atoms with van der Waals surface area (Å²) in [7, 11) is 0. The van der Waals surface area contributed by atoms with Crippen molar-refractivity contribution in [1.29, 1.82) is 0 Å². The molecule has 1 saturated heterocycles. The van der Waals surface area contributed by atoms with Crippen molar-refractivity contribution in [2.75, 3.05) is 12.3 Å². The van der Waals surface area contributed by atoms with E-state index in [0.717, 1.165) is 11.5 Å². The molecule has 0 radical (unpaired) electrons. The maximum atomic E-state index is 11.5. The van der Waals surface area contributed by atoms with E-state index < -0.39 is 0 Å². The minimum Gasteiger partial charge on any atom is -0.445 e. The molecule has 0 spiro atoms. The topological polar surface area (TPSA) is 38.3 Å². The van der Waals surface area contributed by atoms with E-state index in [9.17, 15) is 4.79 Å². The molecule has 3 nitrogen and oxygen atoms in total. The smallest absolute Gasteiger partial charge is 0.407 e. The zero-order valence-electron chi connectivity index (χ0n) is 10.6. The van der Waals surface area contributed by atoms with E-state index >= 15 is 0 Å². The summed E-state index contributed by atoms with van der Waals surface area (Å²) in [5.41, 5.74) is 1.01. The van der Waals surface area contributed by atoms with E-state index in [1.165, 1.54) is 12.2 Å². The van der Waals surface area contributed by atoms with Gasteiger partial charge in [0.15, 0.2) is 0 Å². The summed E-state index contributed by atoms with van der Waals surface area (Å²) in [6.45, 7) is 3.30. The number of hydrogen-bond acceptors (Lipinski definition) is 3. The molecule has 1 aliphatic rings. The Hall–Kier alpha value is -1.16. The van der Waals surface area contributed by atoms with Crippen molar-refractivity contribution in [3.8, 4) is 0 Å². The second kappa shape index (κ2) is 6.69. The van der Waals surface area contributed by atoms with Gasteiger partial charge in [-0.05, 0) is 23.7 Å². The van der Waals surface area contributed by atoms with Gasteiger partial charge in [0, 0.05) is 11.8 Å². The number of benzene rings is 1. The van der Waals surface area contributed by atoms with Crippen LogP contribution in [0, 0.1) is 5.92 Å². The average Bonchev–Trinajstić information content (AvgIpc) is 2.81. The number of amides is 1. The molecule has 1 heterocycles. The molecule has 18 heavy (non-hydrogen) atoms. The van der Waals surface area contributed by atoms with Crippen molar-refractivity contribution in [2.45, 2.75) is 25.2 Å². The highest BCUT2D eigenvalue weighted by atomic mass is 32.2. The molecule has 1 aromatic rings. The predicted octanol–water partition coefficient (Wildman–Crippen LogP) is 3.05. The molecule has 2 unspecified atom stereocenters. The maximum absolute atomic E-state index is 11.5. The highest BCUT2D eigenvalue weighted by Gasteiger charge is 2.22. The number of alkyl carbamates (subject to hydrolysis) is 1. The number of nitrogens with one attached hydrogen (secondary N) is 1. The molecule has 1 fully saturated rings. The van der Waals surface area contributed by atoms with Gasteiger partial charge >= 0.3 is 6.09 Å². The maximum Gasteiger partial charge on any atom is 0.407 e. The Morgan fingerprint density at radius 2 is 2.22 bits per heavy atom. The largest absolute Gasteiger partial charge is 0.445 e.